The Labute approximate surface area is 94.4 Å². The predicted molar refractivity (Wildman–Crippen MR) is 59.1 cm³/mol. The highest BCUT2D eigenvalue weighted by molar-refractivity contribution is 5.30. The molecule has 2 nitrogen and oxygen atoms in total. The first-order chi connectivity index (χ1) is 7.31. The summed E-state index contributed by atoms with van der Waals surface area (Å²) in [7, 11) is 1.46. The van der Waals surface area contributed by atoms with E-state index in [0.717, 1.165) is 0 Å². The number of hydrogen-bond donors (Lipinski definition) is 1. The average molecular weight is 229 g/mol. The van der Waals surface area contributed by atoms with Crippen molar-refractivity contribution in [2.24, 2.45) is 5.73 Å². The normalized spacial score (nSPS) is 13.9. The van der Waals surface area contributed by atoms with Crippen LogP contribution >= 0.6 is 0 Å². The van der Waals surface area contributed by atoms with Gasteiger partial charge >= 0.3 is 0 Å². The molecule has 2 N–H and O–H groups in total. The predicted octanol–water partition coefficient (Wildman–Crippen LogP) is 2.70. The molecule has 0 saturated heterocycles. The van der Waals surface area contributed by atoms with Crippen molar-refractivity contribution in [2.45, 2.75) is 32.4 Å². The van der Waals surface area contributed by atoms with Crippen LogP contribution in [0.5, 0.6) is 0 Å². The van der Waals surface area contributed by atoms with E-state index < -0.39 is 23.3 Å². The summed E-state index contributed by atoms with van der Waals surface area (Å²) in [6.45, 7) is 4.96. The van der Waals surface area contributed by atoms with Gasteiger partial charge in [0.25, 0.3) is 0 Å². The van der Waals surface area contributed by atoms with Crippen LogP contribution in [0.3, 0.4) is 0 Å². The summed E-state index contributed by atoms with van der Waals surface area (Å²) in [5, 5.41) is 0. The van der Waals surface area contributed by atoms with Crippen molar-refractivity contribution in [3.8, 4) is 0 Å². The molecule has 0 amide bonds. The standard InChI is InChI=1S/C12H17F2NO/c1-7-5-6-8(13)9(10(7)14)11(15)12(2,3)16-4/h5-6,11H,15H2,1-4H3. The first-order valence-electron chi connectivity index (χ1n) is 5.06. The molecule has 16 heavy (non-hydrogen) atoms. The minimum atomic E-state index is -0.850. The SMILES string of the molecule is COC(C)(C)C(N)c1c(F)ccc(C)c1F. The van der Waals surface area contributed by atoms with Gasteiger partial charge in [-0.3, -0.25) is 0 Å². The highest BCUT2D eigenvalue weighted by Gasteiger charge is 2.32. The summed E-state index contributed by atoms with van der Waals surface area (Å²) in [6, 6.07) is 1.76. The second-order valence-corrected chi connectivity index (χ2v) is 4.38. The van der Waals surface area contributed by atoms with Gasteiger partial charge in [0.2, 0.25) is 0 Å². The lowest BCUT2D eigenvalue weighted by Crippen LogP contribution is -2.38. The van der Waals surface area contributed by atoms with Crippen LogP contribution in [0.2, 0.25) is 0 Å². The van der Waals surface area contributed by atoms with E-state index in [0.29, 0.717) is 5.56 Å². The Morgan fingerprint density at radius 2 is 1.88 bits per heavy atom. The largest absolute Gasteiger partial charge is 0.377 e. The van der Waals surface area contributed by atoms with E-state index in [-0.39, 0.29) is 5.56 Å². The lowest BCUT2D eigenvalue weighted by molar-refractivity contribution is -0.00185. The van der Waals surface area contributed by atoms with Crippen molar-refractivity contribution in [3.05, 3.63) is 34.9 Å². The maximum atomic E-state index is 13.8. The van der Waals surface area contributed by atoms with E-state index in [4.69, 9.17) is 10.5 Å². The summed E-state index contributed by atoms with van der Waals surface area (Å²) >= 11 is 0. The molecule has 0 spiro atoms. The van der Waals surface area contributed by atoms with Gasteiger partial charge in [0, 0.05) is 12.7 Å². The van der Waals surface area contributed by atoms with E-state index >= 15 is 0 Å². The molecule has 1 atom stereocenters. The Balaban J connectivity index is 3.28. The molecule has 90 valence electrons. The van der Waals surface area contributed by atoms with Crippen LogP contribution in [-0.2, 0) is 4.74 Å². The minimum absolute atomic E-state index is 0.119. The summed E-state index contributed by atoms with van der Waals surface area (Å²) in [6.07, 6.45) is 0. The Kier molecular flexibility index (Phi) is 3.65. The number of halogens is 2. The molecule has 4 heteroatoms. The number of rotatable bonds is 3. The fraction of sp³-hybridized carbons (Fsp3) is 0.500. The molecule has 0 heterocycles. The summed E-state index contributed by atoms with van der Waals surface area (Å²) in [4.78, 5) is 0. The Morgan fingerprint density at radius 3 is 2.38 bits per heavy atom. The number of ether oxygens (including phenoxy) is 1. The fourth-order valence-electron chi connectivity index (χ4n) is 1.44. The van der Waals surface area contributed by atoms with Crippen molar-refractivity contribution in [3.63, 3.8) is 0 Å². The van der Waals surface area contributed by atoms with E-state index in [1.807, 2.05) is 0 Å². The van der Waals surface area contributed by atoms with Crippen molar-refractivity contribution in [1.82, 2.24) is 0 Å². The molecular formula is C12H17F2NO. The van der Waals surface area contributed by atoms with E-state index in [2.05, 4.69) is 0 Å². The second kappa shape index (κ2) is 4.47. The highest BCUT2D eigenvalue weighted by Crippen LogP contribution is 2.30. The van der Waals surface area contributed by atoms with Gasteiger partial charge in [-0.1, -0.05) is 6.07 Å². The van der Waals surface area contributed by atoms with Crippen molar-refractivity contribution in [1.29, 1.82) is 0 Å². The number of aryl methyl sites for hydroxylation is 1. The third-order valence-electron chi connectivity index (χ3n) is 2.91. The molecule has 0 aliphatic carbocycles. The number of benzene rings is 1. The van der Waals surface area contributed by atoms with Gasteiger partial charge in [0.15, 0.2) is 0 Å². The lowest BCUT2D eigenvalue weighted by Gasteiger charge is -2.31. The van der Waals surface area contributed by atoms with Gasteiger partial charge in [-0.2, -0.15) is 0 Å². The van der Waals surface area contributed by atoms with Crippen LogP contribution in [0.15, 0.2) is 12.1 Å². The molecule has 0 saturated carbocycles. The van der Waals surface area contributed by atoms with Crippen molar-refractivity contribution < 1.29 is 13.5 Å². The Morgan fingerprint density at radius 1 is 1.31 bits per heavy atom. The molecule has 1 aromatic carbocycles. The first-order valence-corrected chi connectivity index (χ1v) is 5.06. The molecule has 0 aromatic heterocycles. The average Bonchev–Trinajstić information content (AvgIpc) is 2.24. The summed E-state index contributed by atoms with van der Waals surface area (Å²) in [5.41, 5.74) is 5.28. The van der Waals surface area contributed by atoms with Crippen LogP contribution in [-0.4, -0.2) is 12.7 Å². The summed E-state index contributed by atoms with van der Waals surface area (Å²) < 4.78 is 32.5. The smallest absolute Gasteiger partial charge is 0.133 e. The molecule has 0 aliphatic rings. The number of nitrogens with two attached hydrogens (primary N) is 1. The highest BCUT2D eigenvalue weighted by atomic mass is 19.1. The third-order valence-corrected chi connectivity index (χ3v) is 2.91. The summed E-state index contributed by atoms with van der Waals surface area (Å²) in [5.74, 6) is -1.24. The van der Waals surface area contributed by atoms with Gasteiger partial charge in [-0.15, -0.1) is 0 Å². The van der Waals surface area contributed by atoms with Crippen LogP contribution in [0.4, 0.5) is 8.78 Å². The number of hydrogen-bond acceptors (Lipinski definition) is 2. The monoisotopic (exact) mass is 229 g/mol. The number of methoxy groups -OCH3 is 1. The van der Waals surface area contributed by atoms with Crippen LogP contribution in [0.25, 0.3) is 0 Å². The minimum Gasteiger partial charge on any atom is -0.377 e. The topological polar surface area (TPSA) is 35.2 Å². The molecule has 0 fully saturated rings. The van der Waals surface area contributed by atoms with Gasteiger partial charge in [0.05, 0.1) is 11.6 Å². The maximum absolute atomic E-state index is 13.8. The van der Waals surface area contributed by atoms with Gasteiger partial charge in [-0.25, -0.2) is 8.78 Å². The van der Waals surface area contributed by atoms with Gasteiger partial charge < -0.3 is 10.5 Å². The van der Waals surface area contributed by atoms with Gasteiger partial charge in [-0.05, 0) is 32.4 Å². The quantitative estimate of drug-likeness (QED) is 0.864. The molecule has 0 radical (unpaired) electrons. The van der Waals surface area contributed by atoms with E-state index in [1.165, 1.54) is 19.2 Å². The molecule has 1 aromatic rings. The Hall–Kier alpha value is -1.00. The maximum Gasteiger partial charge on any atom is 0.133 e. The molecule has 1 unspecified atom stereocenters. The molecule has 1 rings (SSSR count). The molecular weight excluding hydrogens is 212 g/mol. The van der Waals surface area contributed by atoms with E-state index in [1.54, 1.807) is 20.8 Å². The first kappa shape index (κ1) is 13.1. The van der Waals surface area contributed by atoms with Crippen LogP contribution in [0.1, 0.15) is 31.0 Å². The zero-order valence-corrected chi connectivity index (χ0v) is 9.97. The zero-order valence-electron chi connectivity index (χ0n) is 9.97. The molecule has 0 aliphatic heterocycles. The second-order valence-electron chi connectivity index (χ2n) is 4.38. The molecule has 0 bridgehead atoms. The van der Waals surface area contributed by atoms with E-state index in [9.17, 15) is 8.78 Å². The van der Waals surface area contributed by atoms with Crippen molar-refractivity contribution >= 4 is 0 Å². The lowest BCUT2D eigenvalue weighted by atomic mass is 9.90. The zero-order chi connectivity index (χ0) is 12.5. The van der Waals surface area contributed by atoms with Crippen LogP contribution < -0.4 is 5.73 Å². The van der Waals surface area contributed by atoms with Gasteiger partial charge in [0.1, 0.15) is 11.6 Å². The fourth-order valence-corrected chi connectivity index (χ4v) is 1.44. The Bertz CT molecular complexity index is 391. The third kappa shape index (κ3) is 2.23. The van der Waals surface area contributed by atoms with Crippen molar-refractivity contribution in [2.75, 3.05) is 7.11 Å². The van der Waals surface area contributed by atoms with Crippen LogP contribution in [0, 0.1) is 18.6 Å².